The number of aryl methyl sites for hydroxylation is 1. The van der Waals surface area contributed by atoms with Crippen molar-refractivity contribution in [3.63, 3.8) is 0 Å². The number of ether oxygens (including phenoxy) is 1. The van der Waals surface area contributed by atoms with Crippen molar-refractivity contribution in [2.24, 2.45) is 0 Å². The number of piperidine rings is 1. The lowest BCUT2D eigenvalue weighted by molar-refractivity contribution is 0.0440. The van der Waals surface area contributed by atoms with Crippen LogP contribution < -0.4 is 10.6 Å². The molecule has 1 fully saturated rings. The van der Waals surface area contributed by atoms with Gasteiger partial charge in [-0.1, -0.05) is 6.92 Å². The zero-order chi connectivity index (χ0) is 13.8. The molecule has 0 amide bonds. The fourth-order valence-electron chi connectivity index (χ4n) is 2.50. The van der Waals surface area contributed by atoms with Crippen molar-refractivity contribution in [2.75, 3.05) is 30.3 Å². The number of hydrogen-bond donors (Lipinski definition) is 1. The molecule has 1 heterocycles. The minimum atomic E-state index is 0.360. The lowest BCUT2D eigenvalue weighted by Crippen LogP contribution is -2.40. The molecule has 0 bridgehead atoms. The van der Waals surface area contributed by atoms with Crippen LogP contribution in [0.3, 0.4) is 0 Å². The highest BCUT2D eigenvalue weighted by atomic mass is 79.9. The van der Waals surface area contributed by atoms with Crippen molar-refractivity contribution in [3.05, 3.63) is 22.2 Å². The summed E-state index contributed by atoms with van der Waals surface area (Å²) in [6.07, 6.45) is 3.80. The number of benzene rings is 1. The Hall–Kier alpha value is -0.740. The van der Waals surface area contributed by atoms with Gasteiger partial charge in [0.15, 0.2) is 0 Å². The Kier molecular flexibility index (Phi) is 5.11. The number of rotatable bonds is 4. The van der Waals surface area contributed by atoms with Crippen LogP contribution in [0, 0.1) is 6.92 Å². The molecule has 4 heteroatoms. The molecule has 106 valence electrons. The van der Waals surface area contributed by atoms with Crippen molar-refractivity contribution in [3.8, 4) is 0 Å². The van der Waals surface area contributed by atoms with Gasteiger partial charge in [0.2, 0.25) is 0 Å². The molecule has 1 unspecified atom stereocenters. The summed E-state index contributed by atoms with van der Waals surface area (Å²) in [6, 6.07) is 4.17. The van der Waals surface area contributed by atoms with E-state index in [9.17, 15) is 0 Å². The minimum absolute atomic E-state index is 0.360. The Morgan fingerprint density at radius 2 is 2.26 bits per heavy atom. The quantitative estimate of drug-likeness (QED) is 0.856. The van der Waals surface area contributed by atoms with Gasteiger partial charge in [-0.25, -0.2) is 0 Å². The van der Waals surface area contributed by atoms with Crippen molar-refractivity contribution in [1.29, 1.82) is 0 Å². The Labute approximate surface area is 124 Å². The van der Waals surface area contributed by atoms with Gasteiger partial charge in [0, 0.05) is 29.9 Å². The van der Waals surface area contributed by atoms with E-state index in [-0.39, 0.29) is 0 Å². The zero-order valence-corrected chi connectivity index (χ0v) is 13.4. The first-order chi connectivity index (χ1) is 9.11. The van der Waals surface area contributed by atoms with E-state index in [2.05, 4.69) is 40.7 Å². The Morgan fingerprint density at radius 1 is 1.47 bits per heavy atom. The summed E-state index contributed by atoms with van der Waals surface area (Å²) < 4.78 is 6.97. The molecule has 19 heavy (non-hydrogen) atoms. The summed E-state index contributed by atoms with van der Waals surface area (Å²) in [5, 5.41) is 0. The van der Waals surface area contributed by atoms with Crippen LogP contribution in [0.4, 0.5) is 11.4 Å². The molecule has 2 N–H and O–H groups in total. The molecule has 0 spiro atoms. The largest absolute Gasteiger partial charge is 0.398 e. The SMILES string of the molecule is CCCOC1CCCN(c2cc(C)c(N)cc2Br)C1. The van der Waals surface area contributed by atoms with Gasteiger partial charge in [-0.15, -0.1) is 0 Å². The van der Waals surface area contributed by atoms with Gasteiger partial charge in [-0.05, 0) is 59.8 Å². The van der Waals surface area contributed by atoms with Crippen LogP contribution in [0.1, 0.15) is 31.7 Å². The Balaban J connectivity index is 2.10. The summed E-state index contributed by atoms with van der Waals surface area (Å²) in [4.78, 5) is 2.40. The maximum atomic E-state index is 5.94. The summed E-state index contributed by atoms with van der Waals surface area (Å²) in [7, 11) is 0. The molecular formula is C15H23BrN2O. The summed E-state index contributed by atoms with van der Waals surface area (Å²) in [6.45, 7) is 7.14. The first-order valence-electron chi connectivity index (χ1n) is 7.04. The second kappa shape index (κ2) is 6.62. The van der Waals surface area contributed by atoms with E-state index < -0.39 is 0 Å². The highest BCUT2D eigenvalue weighted by Gasteiger charge is 2.22. The van der Waals surface area contributed by atoms with Gasteiger partial charge < -0.3 is 15.4 Å². The van der Waals surface area contributed by atoms with E-state index in [1.807, 2.05) is 6.07 Å². The molecule has 0 radical (unpaired) electrons. The highest BCUT2D eigenvalue weighted by molar-refractivity contribution is 9.10. The van der Waals surface area contributed by atoms with Crippen LogP contribution in [0.2, 0.25) is 0 Å². The molecule has 1 aliphatic rings. The number of nitrogens with zero attached hydrogens (tertiary/aromatic N) is 1. The molecule has 0 aromatic heterocycles. The lowest BCUT2D eigenvalue weighted by Gasteiger charge is -2.35. The van der Waals surface area contributed by atoms with Gasteiger partial charge >= 0.3 is 0 Å². The molecule has 1 aromatic rings. The normalized spacial score (nSPS) is 19.7. The van der Waals surface area contributed by atoms with Crippen molar-refractivity contribution in [1.82, 2.24) is 0 Å². The lowest BCUT2D eigenvalue weighted by atomic mass is 10.1. The standard InChI is InChI=1S/C15H23BrN2O/c1-3-7-19-12-5-4-6-18(10-12)15-8-11(2)14(17)9-13(15)16/h8-9,12H,3-7,10,17H2,1-2H3. The van der Waals surface area contributed by atoms with Gasteiger partial charge in [0.25, 0.3) is 0 Å². The monoisotopic (exact) mass is 326 g/mol. The molecule has 0 saturated carbocycles. The number of halogens is 1. The van der Waals surface area contributed by atoms with Gasteiger partial charge in [-0.3, -0.25) is 0 Å². The third kappa shape index (κ3) is 3.63. The van der Waals surface area contributed by atoms with E-state index >= 15 is 0 Å². The van der Waals surface area contributed by atoms with E-state index in [1.165, 1.54) is 18.5 Å². The van der Waals surface area contributed by atoms with Crippen LogP contribution in [0.15, 0.2) is 16.6 Å². The molecule has 1 atom stereocenters. The van der Waals surface area contributed by atoms with Gasteiger partial charge in [-0.2, -0.15) is 0 Å². The minimum Gasteiger partial charge on any atom is -0.398 e. The third-order valence-electron chi connectivity index (χ3n) is 3.61. The molecule has 1 aliphatic heterocycles. The maximum Gasteiger partial charge on any atom is 0.0750 e. The molecule has 0 aliphatic carbocycles. The average molecular weight is 327 g/mol. The Morgan fingerprint density at radius 3 is 3.00 bits per heavy atom. The van der Waals surface area contributed by atoms with Crippen molar-refractivity contribution in [2.45, 2.75) is 39.2 Å². The van der Waals surface area contributed by atoms with Crippen molar-refractivity contribution >= 4 is 27.3 Å². The predicted molar refractivity (Wildman–Crippen MR) is 84.8 cm³/mol. The number of nitrogens with two attached hydrogens (primary N) is 1. The smallest absolute Gasteiger partial charge is 0.0750 e. The third-order valence-corrected chi connectivity index (χ3v) is 4.25. The van der Waals surface area contributed by atoms with E-state index in [0.29, 0.717) is 6.10 Å². The second-order valence-electron chi connectivity index (χ2n) is 5.24. The number of anilines is 2. The van der Waals surface area contributed by atoms with Crippen LogP contribution in [-0.2, 0) is 4.74 Å². The average Bonchev–Trinajstić information content (AvgIpc) is 2.41. The van der Waals surface area contributed by atoms with E-state index in [4.69, 9.17) is 10.5 Å². The summed E-state index contributed by atoms with van der Waals surface area (Å²) in [5.41, 5.74) is 9.15. The first-order valence-corrected chi connectivity index (χ1v) is 7.83. The maximum absolute atomic E-state index is 5.94. The Bertz CT molecular complexity index is 436. The van der Waals surface area contributed by atoms with E-state index in [1.54, 1.807) is 0 Å². The summed E-state index contributed by atoms with van der Waals surface area (Å²) >= 11 is 3.63. The van der Waals surface area contributed by atoms with Crippen LogP contribution >= 0.6 is 15.9 Å². The van der Waals surface area contributed by atoms with Crippen LogP contribution in [0.5, 0.6) is 0 Å². The first kappa shape index (κ1) is 14.7. The van der Waals surface area contributed by atoms with Gasteiger partial charge in [0.1, 0.15) is 0 Å². The summed E-state index contributed by atoms with van der Waals surface area (Å²) in [5.74, 6) is 0. The molecule has 3 nitrogen and oxygen atoms in total. The molecule has 2 rings (SSSR count). The highest BCUT2D eigenvalue weighted by Crippen LogP contribution is 2.32. The van der Waals surface area contributed by atoms with E-state index in [0.717, 1.165) is 41.8 Å². The van der Waals surface area contributed by atoms with Crippen LogP contribution in [0.25, 0.3) is 0 Å². The van der Waals surface area contributed by atoms with Gasteiger partial charge in [0.05, 0.1) is 11.8 Å². The molecule has 1 saturated heterocycles. The molecular weight excluding hydrogens is 304 g/mol. The molecule has 1 aromatic carbocycles. The number of nitrogen functional groups attached to an aromatic ring is 1. The van der Waals surface area contributed by atoms with Crippen LogP contribution in [-0.4, -0.2) is 25.8 Å². The topological polar surface area (TPSA) is 38.5 Å². The van der Waals surface area contributed by atoms with Crippen molar-refractivity contribution < 1.29 is 4.74 Å². The second-order valence-corrected chi connectivity index (χ2v) is 6.10. The fourth-order valence-corrected chi connectivity index (χ4v) is 3.11. The number of hydrogen-bond acceptors (Lipinski definition) is 3. The predicted octanol–water partition coefficient (Wildman–Crippen LogP) is 3.74. The fraction of sp³-hybridized carbons (Fsp3) is 0.600. The zero-order valence-electron chi connectivity index (χ0n) is 11.8.